The van der Waals surface area contributed by atoms with Crippen LogP contribution in [-0.2, 0) is 0 Å². The molecule has 1 atom stereocenters. The summed E-state index contributed by atoms with van der Waals surface area (Å²) in [4.78, 5) is 14.3. The smallest absolute Gasteiger partial charge is 0.272 e. The minimum Gasteiger partial charge on any atom is -0.384 e. The molecule has 0 bridgehead atoms. The summed E-state index contributed by atoms with van der Waals surface area (Å²) in [7, 11) is 0. The average Bonchev–Trinajstić information content (AvgIpc) is 3.04. The molecule has 0 fully saturated rings. The number of hydrogen-bond acceptors (Lipinski definition) is 4. The lowest BCUT2D eigenvalue weighted by atomic mass is 9.96. The van der Waals surface area contributed by atoms with Crippen LogP contribution < -0.4 is 0 Å². The van der Waals surface area contributed by atoms with Crippen LogP contribution in [0.1, 0.15) is 36.6 Å². The monoisotopic (exact) mass is 314 g/mol. The molecule has 1 N–H and O–H groups in total. The van der Waals surface area contributed by atoms with Crippen LogP contribution in [0.2, 0.25) is 0 Å². The van der Waals surface area contributed by atoms with E-state index >= 15 is 0 Å². The summed E-state index contributed by atoms with van der Waals surface area (Å²) in [5.41, 5.74) is 2.17. The molecule has 118 valence electrons. The number of nitro groups is 1. The summed E-state index contributed by atoms with van der Waals surface area (Å²) in [5.74, 6) is -0.772. The molecule has 5 nitrogen and oxygen atoms in total. The Morgan fingerprint density at radius 1 is 1.26 bits per heavy atom. The lowest BCUT2D eigenvalue weighted by Crippen LogP contribution is -2.05. The number of benzene rings is 1. The molecule has 2 aromatic rings. The van der Waals surface area contributed by atoms with Crippen LogP contribution >= 0.6 is 0 Å². The van der Waals surface area contributed by atoms with Crippen molar-refractivity contribution in [2.75, 3.05) is 0 Å². The first-order chi connectivity index (χ1) is 11.1. The van der Waals surface area contributed by atoms with Gasteiger partial charge in [-0.2, -0.15) is 0 Å². The van der Waals surface area contributed by atoms with Gasteiger partial charge in [0, 0.05) is 17.8 Å². The number of non-ortho nitro benzene ring substituents is 1. The summed E-state index contributed by atoms with van der Waals surface area (Å²) in [5, 5.41) is 21.3. The van der Waals surface area contributed by atoms with Crippen LogP contribution in [0, 0.1) is 15.9 Å². The van der Waals surface area contributed by atoms with E-state index in [1.807, 2.05) is 18.2 Å². The highest BCUT2D eigenvalue weighted by Gasteiger charge is 2.26. The predicted molar refractivity (Wildman–Crippen MR) is 83.0 cm³/mol. The van der Waals surface area contributed by atoms with Crippen LogP contribution in [0.25, 0.3) is 5.57 Å². The van der Waals surface area contributed by atoms with E-state index in [0.29, 0.717) is 6.42 Å². The summed E-state index contributed by atoms with van der Waals surface area (Å²) in [6.07, 6.45) is 2.86. The lowest BCUT2D eigenvalue weighted by molar-refractivity contribution is -0.385. The molecule has 0 radical (unpaired) electrons. The Bertz CT molecular complexity index is 775. The van der Waals surface area contributed by atoms with Crippen LogP contribution in [-0.4, -0.2) is 15.0 Å². The number of allylic oxidation sites excluding steroid dienone is 1. The van der Waals surface area contributed by atoms with Gasteiger partial charge in [-0.15, -0.1) is 0 Å². The Balaban J connectivity index is 1.99. The fourth-order valence-corrected chi connectivity index (χ4v) is 2.94. The van der Waals surface area contributed by atoms with Gasteiger partial charge in [0.1, 0.15) is 11.9 Å². The molecule has 1 aromatic carbocycles. The minimum atomic E-state index is -1.12. The summed E-state index contributed by atoms with van der Waals surface area (Å²) < 4.78 is 14.1. The fraction of sp³-hybridized carbons (Fsp3) is 0.235. The Labute approximate surface area is 132 Å². The van der Waals surface area contributed by atoms with E-state index in [4.69, 9.17) is 0 Å². The molecule has 1 aliphatic rings. The molecule has 23 heavy (non-hydrogen) atoms. The molecule has 1 heterocycles. The van der Waals surface area contributed by atoms with Gasteiger partial charge in [-0.1, -0.05) is 6.07 Å². The third-order valence-corrected chi connectivity index (χ3v) is 4.05. The lowest BCUT2D eigenvalue weighted by Gasteiger charge is -2.15. The topological polar surface area (TPSA) is 76.3 Å². The molecule has 0 unspecified atom stereocenters. The molecular formula is C17H15FN2O3. The van der Waals surface area contributed by atoms with Crippen LogP contribution in [0.3, 0.4) is 0 Å². The zero-order valence-electron chi connectivity index (χ0n) is 12.3. The quantitative estimate of drug-likeness (QED) is 0.688. The third-order valence-electron chi connectivity index (χ3n) is 4.05. The van der Waals surface area contributed by atoms with Gasteiger partial charge in [0.15, 0.2) is 0 Å². The number of rotatable bonds is 4. The second-order valence-corrected chi connectivity index (χ2v) is 5.44. The average molecular weight is 314 g/mol. The van der Waals surface area contributed by atoms with E-state index in [1.54, 1.807) is 6.20 Å². The van der Waals surface area contributed by atoms with Crippen molar-refractivity contribution in [1.29, 1.82) is 0 Å². The van der Waals surface area contributed by atoms with Gasteiger partial charge in [-0.25, -0.2) is 4.39 Å². The molecule has 6 heteroatoms. The first-order valence-corrected chi connectivity index (χ1v) is 7.33. The van der Waals surface area contributed by atoms with Crippen molar-refractivity contribution in [2.45, 2.75) is 25.4 Å². The SMILES string of the molecule is O=[N+]([O-])c1ccc([C@@H](O)C2=C(c3ccccn3)CCC2)c(F)c1. The molecule has 0 saturated heterocycles. The zero-order valence-corrected chi connectivity index (χ0v) is 12.3. The number of pyridine rings is 1. The van der Waals surface area contributed by atoms with E-state index in [2.05, 4.69) is 4.98 Å². The van der Waals surface area contributed by atoms with Gasteiger partial charge in [-0.05, 0) is 48.6 Å². The van der Waals surface area contributed by atoms with Gasteiger partial charge >= 0.3 is 0 Å². The number of hydrogen-bond donors (Lipinski definition) is 1. The Kier molecular flexibility index (Phi) is 4.16. The van der Waals surface area contributed by atoms with Crippen LogP contribution in [0.15, 0.2) is 48.2 Å². The van der Waals surface area contributed by atoms with Gasteiger partial charge in [-0.3, -0.25) is 15.1 Å². The summed E-state index contributed by atoms with van der Waals surface area (Å²) in [6.45, 7) is 0. The van der Waals surface area contributed by atoms with E-state index in [0.717, 1.165) is 35.7 Å². The minimum absolute atomic E-state index is 0.0564. The van der Waals surface area contributed by atoms with Crippen LogP contribution in [0.5, 0.6) is 0 Å². The number of aliphatic hydroxyl groups excluding tert-OH is 1. The van der Waals surface area contributed by atoms with Gasteiger partial charge in [0.05, 0.1) is 16.7 Å². The van der Waals surface area contributed by atoms with Gasteiger partial charge in [0.25, 0.3) is 5.69 Å². The van der Waals surface area contributed by atoms with Crippen molar-refractivity contribution in [1.82, 2.24) is 4.98 Å². The fourth-order valence-electron chi connectivity index (χ4n) is 2.94. The number of aliphatic hydroxyl groups is 1. The molecule has 0 spiro atoms. The van der Waals surface area contributed by atoms with Crippen molar-refractivity contribution in [3.8, 4) is 0 Å². The van der Waals surface area contributed by atoms with Gasteiger partial charge < -0.3 is 5.11 Å². The molecule has 3 rings (SSSR count). The Morgan fingerprint density at radius 2 is 2.09 bits per heavy atom. The molecular weight excluding hydrogens is 299 g/mol. The van der Waals surface area contributed by atoms with E-state index in [1.165, 1.54) is 12.1 Å². The normalized spacial score (nSPS) is 15.7. The predicted octanol–water partition coefficient (Wildman–Crippen LogP) is 3.80. The van der Waals surface area contributed by atoms with E-state index in [9.17, 15) is 19.6 Å². The van der Waals surface area contributed by atoms with Crippen molar-refractivity contribution in [3.63, 3.8) is 0 Å². The zero-order chi connectivity index (χ0) is 16.4. The highest BCUT2D eigenvalue weighted by Crippen LogP contribution is 2.40. The highest BCUT2D eigenvalue weighted by atomic mass is 19.1. The number of aromatic nitrogens is 1. The Hall–Kier alpha value is -2.60. The highest BCUT2D eigenvalue weighted by molar-refractivity contribution is 5.69. The maximum Gasteiger partial charge on any atom is 0.272 e. The number of halogens is 1. The second kappa shape index (κ2) is 6.26. The van der Waals surface area contributed by atoms with Crippen molar-refractivity contribution in [2.24, 2.45) is 0 Å². The summed E-state index contributed by atoms with van der Waals surface area (Å²) >= 11 is 0. The molecule has 0 aliphatic heterocycles. The maximum absolute atomic E-state index is 14.1. The van der Waals surface area contributed by atoms with E-state index < -0.39 is 16.8 Å². The van der Waals surface area contributed by atoms with Gasteiger partial charge in [0.2, 0.25) is 0 Å². The van der Waals surface area contributed by atoms with Crippen molar-refractivity contribution >= 4 is 11.3 Å². The number of nitrogens with zero attached hydrogens (tertiary/aromatic N) is 2. The number of nitro benzene ring substituents is 1. The van der Waals surface area contributed by atoms with E-state index in [-0.39, 0.29) is 11.3 Å². The second-order valence-electron chi connectivity index (χ2n) is 5.44. The largest absolute Gasteiger partial charge is 0.384 e. The first-order valence-electron chi connectivity index (χ1n) is 7.33. The van der Waals surface area contributed by atoms with Crippen LogP contribution in [0.4, 0.5) is 10.1 Å². The molecule has 1 aromatic heterocycles. The summed E-state index contributed by atoms with van der Waals surface area (Å²) in [6, 6.07) is 8.86. The molecule has 0 amide bonds. The standard InChI is InChI=1S/C17H15FN2O3/c18-15-10-11(20(22)23)7-8-14(15)17(21)13-5-3-4-12(13)16-6-1-2-9-19-16/h1-2,6-10,17,21H,3-5H2/t17-/m0/s1. The molecule has 1 aliphatic carbocycles. The molecule has 0 saturated carbocycles. The Morgan fingerprint density at radius 3 is 2.74 bits per heavy atom. The van der Waals surface area contributed by atoms with Crippen molar-refractivity contribution in [3.05, 3.63) is 75.4 Å². The maximum atomic E-state index is 14.1. The first kappa shape index (κ1) is 15.3. The van der Waals surface area contributed by atoms with Crippen molar-refractivity contribution < 1.29 is 14.4 Å². The third kappa shape index (κ3) is 2.98.